The molecule has 1 N–H and O–H groups in total. The number of hydrogen-bond acceptors (Lipinski definition) is 2. The number of aromatic nitrogens is 2. The smallest absolute Gasteiger partial charge is 0.378 e. The summed E-state index contributed by atoms with van der Waals surface area (Å²) in [5.41, 5.74) is 2.95. The molecule has 0 spiro atoms. The number of aromatic amines is 1. The van der Waals surface area contributed by atoms with Gasteiger partial charge in [0.15, 0.2) is 0 Å². The van der Waals surface area contributed by atoms with Crippen LogP contribution in [0.15, 0.2) is 24.3 Å². The topological polar surface area (TPSA) is 31.9 Å². The molecule has 3 rings (SSSR count). The van der Waals surface area contributed by atoms with Gasteiger partial charge < -0.3 is 4.90 Å². The first-order chi connectivity index (χ1) is 10.9. The highest BCUT2D eigenvalue weighted by Crippen LogP contribution is 2.38. The summed E-state index contributed by atoms with van der Waals surface area (Å²) >= 11 is 0. The summed E-state index contributed by atoms with van der Waals surface area (Å²) in [5.74, 6) is 0. The van der Waals surface area contributed by atoms with Crippen molar-refractivity contribution >= 4 is 17.3 Å². The molecule has 0 bridgehead atoms. The number of nitrogens with one attached hydrogen (secondary N) is 1. The van der Waals surface area contributed by atoms with Crippen molar-refractivity contribution in [3.8, 4) is 0 Å². The van der Waals surface area contributed by atoms with Crippen molar-refractivity contribution in [3.05, 3.63) is 46.8 Å². The normalized spacial score (nSPS) is 16.5. The molecule has 0 saturated carbocycles. The van der Waals surface area contributed by atoms with Gasteiger partial charge in [0.1, 0.15) is 5.69 Å². The number of benzene rings is 1. The molecule has 0 aliphatic heterocycles. The molecule has 0 fully saturated rings. The second-order valence-electron chi connectivity index (χ2n) is 5.93. The number of halogens is 3. The molecule has 1 heterocycles. The van der Waals surface area contributed by atoms with Gasteiger partial charge in [0.25, 0.3) is 0 Å². The van der Waals surface area contributed by atoms with Crippen LogP contribution in [0.25, 0.3) is 11.6 Å². The maximum atomic E-state index is 13.0. The van der Waals surface area contributed by atoms with E-state index in [2.05, 4.69) is 10.2 Å². The van der Waals surface area contributed by atoms with Crippen LogP contribution in [0.1, 0.15) is 35.4 Å². The SMILES string of the molecule is CN(C)c1ccc(/C=C2\CCCc3c2n[nH]c3C(F)(F)F)cc1. The van der Waals surface area contributed by atoms with Crippen LogP contribution in [0.2, 0.25) is 0 Å². The van der Waals surface area contributed by atoms with E-state index in [-0.39, 0.29) is 0 Å². The molecule has 0 radical (unpaired) electrons. The van der Waals surface area contributed by atoms with E-state index in [0.717, 1.165) is 23.2 Å². The van der Waals surface area contributed by atoms with Crippen LogP contribution in [-0.4, -0.2) is 24.3 Å². The van der Waals surface area contributed by atoms with Gasteiger partial charge in [-0.1, -0.05) is 12.1 Å². The zero-order chi connectivity index (χ0) is 16.6. The van der Waals surface area contributed by atoms with E-state index in [9.17, 15) is 13.2 Å². The van der Waals surface area contributed by atoms with Gasteiger partial charge in [0.2, 0.25) is 0 Å². The van der Waals surface area contributed by atoms with E-state index in [1.807, 2.05) is 49.3 Å². The Balaban J connectivity index is 1.95. The fourth-order valence-electron chi connectivity index (χ4n) is 2.89. The largest absolute Gasteiger partial charge is 0.433 e. The van der Waals surface area contributed by atoms with Crippen molar-refractivity contribution in [3.63, 3.8) is 0 Å². The summed E-state index contributed by atoms with van der Waals surface area (Å²) in [4.78, 5) is 2.00. The molecule has 1 aliphatic carbocycles. The Labute approximate surface area is 132 Å². The van der Waals surface area contributed by atoms with Crippen LogP contribution in [-0.2, 0) is 12.6 Å². The molecular weight excluding hydrogens is 303 g/mol. The second-order valence-corrected chi connectivity index (χ2v) is 5.93. The number of allylic oxidation sites excluding steroid dienone is 1. The van der Waals surface area contributed by atoms with Crippen molar-refractivity contribution in [2.45, 2.75) is 25.4 Å². The van der Waals surface area contributed by atoms with Gasteiger partial charge in [0.05, 0.1) is 5.69 Å². The highest BCUT2D eigenvalue weighted by molar-refractivity contribution is 5.82. The van der Waals surface area contributed by atoms with Gasteiger partial charge in [-0.3, -0.25) is 5.10 Å². The van der Waals surface area contributed by atoms with Crippen molar-refractivity contribution in [1.82, 2.24) is 10.2 Å². The zero-order valence-corrected chi connectivity index (χ0v) is 13.0. The molecule has 122 valence electrons. The molecule has 1 aromatic heterocycles. The number of rotatable bonds is 2. The van der Waals surface area contributed by atoms with Crippen LogP contribution in [0, 0.1) is 0 Å². The lowest BCUT2D eigenvalue weighted by Gasteiger charge is -2.16. The van der Waals surface area contributed by atoms with Gasteiger partial charge in [-0.25, -0.2) is 0 Å². The number of fused-ring (bicyclic) bond motifs is 1. The Kier molecular flexibility index (Phi) is 3.92. The lowest BCUT2D eigenvalue weighted by Crippen LogP contribution is -2.11. The van der Waals surface area contributed by atoms with Crippen molar-refractivity contribution < 1.29 is 13.2 Å². The monoisotopic (exact) mass is 321 g/mol. The van der Waals surface area contributed by atoms with Gasteiger partial charge in [-0.2, -0.15) is 18.3 Å². The van der Waals surface area contributed by atoms with Crippen molar-refractivity contribution in [2.24, 2.45) is 0 Å². The Morgan fingerprint density at radius 2 is 1.83 bits per heavy atom. The molecular formula is C17H18F3N3. The molecule has 0 atom stereocenters. The summed E-state index contributed by atoms with van der Waals surface area (Å²) in [5, 5.41) is 6.10. The van der Waals surface area contributed by atoms with Gasteiger partial charge >= 0.3 is 6.18 Å². The third-order valence-corrected chi connectivity index (χ3v) is 4.08. The standard InChI is InChI=1S/C17H18F3N3/c1-23(2)13-8-6-11(7-9-13)10-12-4-3-5-14-15(12)21-22-16(14)17(18,19)20/h6-10H,3-5H2,1-2H3,(H,21,22)/b12-10+. The lowest BCUT2D eigenvalue weighted by atomic mass is 9.90. The maximum absolute atomic E-state index is 13.0. The molecule has 23 heavy (non-hydrogen) atoms. The molecule has 0 unspecified atom stereocenters. The number of H-pyrrole nitrogens is 1. The Hall–Kier alpha value is -2.24. The number of nitrogens with zero attached hydrogens (tertiary/aromatic N) is 2. The van der Waals surface area contributed by atoms with Crippen molar-refractivity contribution in [2.75, 3.05) is 19.0 Å². The number of anilines is 1. The first kappa shape index (κ1) is 15.6. The fourth-order valence-corrected chi connectivity index (χ4v) is 2.89. The van der Waals surface area contributed by atoms with Gasteiger partial charge in [-0.15, -0.1) is 0 Å². The molecule has 6 heteroatoms. The molecule has 0 saturated heterocycles. The summed E-state index contributed by atoms with van der Waals surface area (Å²) in [6, 6.07) is 7.91. The second kappa shape index (κ2) is 5.76. The van der Waals surface area contributed by atoms with E-state index in [4.69, 9.17) is 0 Å². The van der Waals surface area contributed by atoms with Crippen LogP contribution in [0.5, 0.6) is 0 Å². The number of alkyl halides is 3. The van der Waals surface area contributed by atoms with Crippen LogP contribution in [0.4, 0.5) is 18.9 Å². The predicted molar refractivity (Wildman–Crippen MR) is 85.2 cm³/mol. The van der Waals surface area contributed by atoms with E-state index in [0.29, 0.717) is 24.1 Å². The van der Waals surface area contributed by atoms with E-state index in [1.165, 1.54) is 0 Å². The Morgan fingerprint density at radius 3 is 2.43 bits per heavy atom. The van der Waals surface area contributed by atoms with Gasteiger partial charge in [0, 0.05) is 25.3 Å². The first-order valence-corrected chi connectivity index (χ1v) is 7.49. The van der Waals surface area contributed by atoms with Crippen LogP contribution >= 0.6 is 0 Å². The first-order valence-electron chi connectivity index (χ1n) is 7.49. The highest BCUT2D eigenvalue weighted by Gasteiger charge is 2.38. The summed E-state index contributed by atoms with van der Waals surface area (Å²) in [6.07, 6.45) is -0.589. The van der Waals surface area contributed by atoms with E-state index >= 15 is 0 Å². The molecule has 1 aliphatic rings. The van der Waals surface area contributed by atoms with Crippen LogP contribution < -0.4 is 4.90 Å². The summed E-state index contributed by atoms with van der Waals surface area (Å²) < 4.78 is 39.0. The average Bonchev–Trinajstić information content (AvgIpc) is 2.93. The molecule has 1 aromatic carbocycles. The quantitative estimate of drug-likeness (QED) is 0.890. The van der Waals surface area contributed by atoms with E-state index in [1.54, 1.807) is 0 Å². The summed E-state index contributed by atoms with van der Waals surface area (Å²) in [6.45, 7) is 0. The van der Waals surface area contributed by atoms with Gasteiger partial charge in [-0.05, 0) is 48.6 Å². The third kappa shape index (κ3) is 3.11. The minimum absolute atomic E-state index is 0.292. The van der Waals surface area contributed by atoms with Crippen molar-refractivity contribution in [1.29, 1.82) is 0 Å². The molecule has 0 amide bonds. The molecule has 3 nitrogen and oxygen atoms in total. The van der Waals surface area contributed by atoms with Crippen LogP contribution in [0.3, 0.4) is 0 Å². The minimum Gasteiger partial charge on any atom is -0.378 e. The summed E-state index contributed by atoms with van der Waals surface area (Å²) in [7, 11) is 3.92. The highest BCUT2D eigenvalue weighted by atomic mass is 19.4. The third-order valence-electron chi connectivity index (χ3n) is 4.08. The Bertz CT molecular complexity index is 725. The van der Waals surface area contributed by atoms with E-state index < -0.39 is 11.9 Å². The molecule has 2 aromatic rings. The minimum atomic E-state index is -4.38. The zero-order valence-electron chi connectivity index (χ0n) is 13.0. The lowest BCUT2D eigenvalue weighted by molar-refractivity contribution is -0.141. The average molecular weight is 321 g/mol. The Morgan fingerprint density at radius 1 is 1.13 bits per heavy atom. The predicted octanol–water partition coefficient (Wildman–Crippen LogP) is 4.37. The fraction of sp³-hybridized carbons (Fsp3) is 0.353. The number of hydrogen-bond donors (Lipinski definition) is 1. The maximum Gasteiger partial charge on any atom is 0.433 e.